The highest BCUT2D eigenvalue weighted by molar-refractivity contribution is 6.36. The average Bonchev–Trinajstić information content (AvgIpc) is 2.04. The summed E-state index contributed by atoms with van der Waals surface area (Å²) >= 11 is 11.3. The lowest BCUT2D eigenvalue weighted by atomic mass is 10.1. The van der Waals surface area contributed by atoms with Crippen molar-refractivity contribution in [2.75, 3.05) is 0 Å². The third-order valence-electron chi connectivity index (χ3n) is 1.31. The fourth-order valence-corrected chi connectivity index (χ4v) is 1.32. The standard InChI is InChI=1S/C8H6Cl2O.C3H8/c1-5(11)7-3-2-6(9)4-8(7)10;1-3-2/h2-4H,1H3;3H2,1-2H3. The second kappa shape index (κ2) is 6.86. The maximum atomic E-state index is 10.8. The van der Waals surface area contributed by atoms with Crippen LogP contribution in [-0.4, -0.2) is 5.78 Å². The molecule has 0 saturated heterocycles. The van der Waals surface area contributed by atoms with E-state index in [1.807, 2.05) is 0 Å². The zero-order valence-electron chi connectivity index (χ0n) is 8.60. The van der Waals surface area contributed by atoms with E-state index in [1.54, 1.807) is 18.2 Å². The van der Waals surface area contributed by atoms with Gasteiger partial charge in [0.15, 0.2) is 5.78 Å². The van der Waals surface area contributed by atoms with Crippen LogP contribution in [0, 0.1) is 0 Å². The second-order valence-electron chi connectivity index (χ2n) is 2.89. The molecule has 0 fully saturated rings. The molecule has 14 heavy (non-hydrogen) atoms. The molecule has 0 aliphatic carbocycles. The minimum atomic E-state index is -0.0494. The molecular weight excluding hydrogens is 219 g/mol. The molecule has 0 unspecified atom stereocenters. The molecule has 1 aromatic rings. The molecule has 0 radical (unpaired) electrons. The number of rotatable bonds is 1. The Kier molecular flexibility index (Phi) is 6.60. The molecule has 0 atom stereocenters. The summed E-state index contributed by atoms with van der Waals surface area (Å²) in [4.78, 5) is 10.8. The maximum Gasteiger partial charge on any atom is 0.161 e. The summed E-state index contributed by atoms with van der Waals surface area (Å²) in [5.74, 6) is -0.0494. The van der Waals surface area contributed by atoms with E-state index in [4.69, 9.17) is 23.2 Å². The van der Waals surface area contributed by atoms with Crippen LogP contribution in [0.1, 0.15) is 37.6 Å². The first-order valence-corrected chi connectivity index (χ1v) is 5.24. The number of halogens is 2. The van der Waals surface area contributed by atoms with Crippen molar-refractivity contribution in [3.05, 3.63) is 33.8 Å². The lowest BCUT2D eigenvalue weighted by molar-refractivity contribution is 0.101. The average molecular weight is 233 g/mol. The van der Waals surface area contributed by atoms with Gasteiger partial charge in [-0.05, 0) is 25.1 Å². The molecule has 0 spiro atoms. The highest BCUT2D eigenvalue weighted by atomic mass is 35.5. The van der Waals surface area contributed by atoms with E-state index in [1.165, 1.54) is 13.3 Å². The number of carbonyl (C=O) groups excluding carboxylic acids is 1. The predicted molar refractivity (Wildman–Crippen MR) is 62.4 cm³/mol. The Labute approximate surface area is 95.0 Å². The van der Waals surface area contributed by atoms with Gasteiger partial charge in [0, 0.05) is 10.6 Å². The first-order valence-electron chi connectivity index (χ1n) is 4.48. The van der Waals surface area contributed by atoms with Gasteiger partial charge in [0.25, 0.3) is 0 Å². The number of benzene rings is 1. The molecule has 1 aromatic carbocycles. The highest BCUT2D eigenvalue weighted by Crippen LogP contribution is 2.20. The van der Waals surface area contributed by atoms with Gasteiger partial charge in [-0.2, -0.15) is 0 Å². The molecule has 0 bridgehead atoms. The van der Waals surface area contributed by atoms with E-state index >= 15 is 0 Å². The van der Waals surface area contributed by atoms with E-state index in [0.717, 1.165) is 0 Å². The highest BCUT2D eigenvalue weighted by Gasteiger charge is 2.04. The van der Waals surface area contributed by atoms with E-state index in [9.17, 15) is 4.79 Å². The summed E-state index contributed by atoms with van der Waals surface area (Å²) in [6.45, 7) is 5.72. The van der Waals surface area contributed by atoms with Gasteiger partial charge in [-0.25, -0.2) is 0 Å². The van der Waals surface area contributed by atoms with Crippen LogP contribution in [0.15, 0.2) is 18.2 Å². The Balaban J connectivity index is 0.000000500. The molecule has 1 rings (SSSR count). The number of hydrogen-bond acceptors (Lipinski definition) is 1. The molecular formula is C11H14Cl2O. The van der Waals surface area contributed by atoms with Crippen LogP contribution in [0.4, 0.5) is 0 Å². The van der Waals surface area contributed by atoms with Crippen LogP contribution >= 0.6 is 23.2 Å². The lowest BCUT2D eigenvalue weighted by Crippen LogP contribution is -1.91. The van der Waals surface area contributed by atoms with Crippen molar-refractivity contribution in [3.8, 4) is 0 Å². The van der Waals surface area contributed by atoms with Gasteiger partial charge in [0.05, 0.1) is 5.02 Å². The van der Waals surface area contributed by atoms with Crippen molar-refractivity contribution >= 4 is 29.0 Å². The van der Waals surface area contributed by atoms with Gasteiger partial charge in [0.1, 0.15) is 0 Å². The molecule has 0 amide bonds. The Bertz CT molecular complexity index is 308. The summed E-state index contributed by atoms with van der Waals surface area (Å²) in [6.07, 6.45) is 1.25. The molecule has 3 heteroatoms. The fraction of sp³-hybridized carbons (Fsp3) is 0.364. The molecule has 0 aliphatic heterocycles. The summed E-state index contributed by atoms with van der Waals surface area (Å²) in [5, 5.41) is 0.949. The van der Waals surface area contributed by atoms with Crippen LogP contribution in [0.25, 0.3) is 0 Å². The summed E-state index contributed by atoms with van der Waals surface area (Å²) < 4.78 is 0. The van der Waals surface area contributed by atoms with Gasteiger partial charge in [-0.3, -0.25) is 4.79 Å². The number of ketones is 1. The first kappa shape index (κ1) is 13.5. The van der Waals surface area contributed by atoms with Crippen LogP contribution in [0.2, 0.25) is 10.0 Å². The quantitative estimate of drug-likeness (QED) is 0.647. The van der Waals surface area contributed by atoms with Gasteiger partial charge >= 0.3 is 0 Å². The van der Waals surface area contributed by atoms with E-state index in [2.05, 4.69) is 13.8 Å². The van der Waals surface area contributed by atoms with E-state index in [0.29, 0.717) is 15.6 Å². The van der Waals surface area contributed by atoms with Crippen molar-refractivity contribution in [1.82, 2.24) is 0 Å². The SMILES string of the molecule is CC(=O)c1ccc(Cl)cc1Cl.CCC. The van der Waals surface area contributed by atoms with Crippen molar-refractivity contribution in [2.24, 2.45) is 0 Å². The molecule has 0 saturated carbocycles. The maximum absolute atomic E-state index is 10.8. The molecule has 78 valence electrons. The van der Waals surface area contributed by atoms with E-state index < -0.39 is 0 Å². The van der Waals surface area contributed by atoms with Gasteiger partial charge in [-0.1, -0.05) is 43.5 Å². The lowest BCUT2D eigenvalue weighted by Gasteiger charge is -1.98. The number of Topliss-reactive ketones (excluding diaryl/α,β-unsaturated/α-hetero) is 1. The second-order valence-corrected chi connectivity index (χ2v) is 3.73. The van der Waals surface area contributed by atoms with Crippen LogP contribution < -0.4 is 0 Å². The number of carbonyl (C=O) groups is 1. The van der Waals surface area contributed by atoms with Crippen LogP contribution in [0.5, 0.6) is 0 Å². The van der Waals surface area contributed by atoms with Crippen molar-refractivity contribution in [3.63, 3.8) is 0 Å². The fourth-order valence-electron chi connectivity index (χ4n) is 0.775. The van der Waals surface area contributed by atoms with Gasteiger partial charge in [0.2, 0.25) is 0 Å². The Morgan fingerprint density at radius 2 is 1.79 bits per heavy atom. The third-order valence-corrected chi connectivity index (χ3v) is 1.86. The smallest absolute Gasteiger partial charge is 0.161 e. The van der Waals surface area contributed by atoms with Crippen molar-refractivity contribution in [1.29, 1.82) is 0 Å². The zero-order valence-corrected chi connectivity index (χ0v) is 10.1. The van der Waals surface area contributed by atoms with E-state index in [-0.39, 0.29) is 5.78 Å². The Morgan fingerprint density at radius 3 is 2.14 bits per heavy atom. The Morgan fingerprint density at radius 1 is 1.29 bits per heavy atom. The van der Waals surface area contributed by atoms with Crippen molar-refractivity contribution in [2.45, 2.75) is 27.2 Å². The topological polar surface area (TPSA) is 17.1 Å². The largest absolute Gasteiger partial charge is 0.294 e. The molecule has 0 aliphatic rings. The molecule has 0 aromatic heterocycles. The monoisotopic (exact) mass is 232 g/mol. The first-order chi connectivity index (χ1) is 6.52. The third kappa shape index (κ3) is 4.64. The molecule has 1 nitrogen and oxygen atoms in total. The number of hydrogen-bond donors (Lipinski definition) is 0. The van der Waals surface area contributed by atoms with Gasteiger partial charge in [-0.15, -0.1) is 0 Å². The predicted octanol–water partition coefficient (Wildman–Crippen LogP) is 4.61. The minimum Gasteiger partial charge on any atom is -0.294 e. The summed E-state index contributed by atoms with van der Waals surface area (Å²) in [6, 6.07) is 4.82. The minimum absolute atomic E-state index is 0.0494. The van der Waals surface area contributed by atoms with Gasteiger partial charge < -0.3 is 0 Å². The van der Waals surface area contributed by atoms with Crippen LogP contribution in [0.3, 0.4) is 0 Å². The summed E-state index contributed by atoms with van der Waals surface area (Å²) in [5.41, 5.74) is 0.510. The summed E-state index contributed by atoms with van der Waals surface area (Å²) in [7, 11) is 0. The van der Waals surface area contributed by atoms with Crippen molar-refractivity contribution < 1.29 is 4.79 Å². The van der Waals surface area contributed by atoms with Crippen LogP contribution in [-0.2, 0) is 0 Å². The zero-order chi connectivity index (χ0) is 11.1. The molecule has 0 N–H and O–H groups in total. The molecule has 0 heterocycles. The normalized spacial score (nSPS) is 8.93. The Hall–Kier alpha value is -0.530.